The molecule has 3 amide bonds. The Kier molecular flexibility index (Phi) is 5.88. The van der Waals surface area contributed by atoms with Crippen molar-refractivity contribution in [2.75, 3.05) is 13.1 Å². The van der Waals surface area contributed by atoms with Crippen molar-refractivity contribution in [3.63, 3.8) is 0 Å². The van der Waals surface area contributed by atoms with Crippen LogP contribution in [0.1, 0.15) is 66.2 Å². The van der Waals surface area contributed by atoms with E-state index in [9.17, 15) is 14.4 Å². The van der Waals surface area contributed by atoms with Gasteiger partial charge in [-0.15, -0.1) is 0 Å². The number of piperidine rings is 1. The van der Waals surface area contributed by atoms with Crippen molar-refractivity contribution >= 4 is 40.9 Å². The van der Waals surface area contributed by atoms with Crippen LogP contribution < -0.4 is 0 Å². The number of halogens is 2. The summed E-state index contributed by atoms with van der Waals surface area (Å²) in [5.74, 6) is -1.06. The van der Waals surface area contributed by atoms with Crippen LogP contribution >= 0.6 is 23.2 Å². The molecule has 0 spiro atoms. The van der Waals surface area contributed by atoms with Crippen molar-refractivity contribution in [3.05, 3.63) is 33.3 Å². The van der Waals surface area contributed by atoms with E-state index >= 15 is 0 Å². The van der Waals surface area contributed by atoms with E-state index in [2.05, 4.69) is 0 Å². The molecule has 0 aromatic heterocycles. The number of amides is 3. The Hall–Kier alpha value is -1.59. The number of hydrogen-bond donors (Lipinski definition) is 0. The third-order valence-electron chi connectivity index (χ3n) is 5.05. The quantitative estimate of drug-likeness (QED) is 0.701. The number of fused-ring (bicyclic) bond motifs is 1. The smallest absolute Gasteiger partial charge is 0.262 e. The number of carbonyl (C=O) groups excluding carboxylic acids is 3. The van der Waals surface area contributed by atoms with Crippen LogP contribution in [0.3, 0.4) is 0 Å². The fourth-order valence-corrected chi connectivity index (χ4v) is 3.95. The van der Waals surface area contributed by atoms with Gasteiger partial charge < -0.3 is 4.90 Å². The Morgan fingerprint density at radius 1 is 1.04 bits per heavy atom. The fraction of sp³-hybridized carbons (Fsp3) is 0.526. The summed E-state index contributed by atoms with van der Waals surface area (Å²) in [4.78, 5) is 41.8. The van der Waals surface area contributed by atoms with Crippen LogP contribution in [0.2, 0.25) is 10.0 Å². The molecular formula is C19H22Cl2N2O3. The van der Waals surface area contributed by atoms with Crippen molar-refractivity contribution in [3.8, 4) is 0 Å². The summed E-state index contributed by atoms with van der Waals surface area (Å²) in [6.07, 6.45) is 5.13. The molecule has 0 saturated carbocycles. The second-order valence-electron chi connectivity index (χ2n) is 6.84. The van der Waals surface area contributed by atoms with Crippen LogP contribution in [0.15, 0.2) is 12.1 Å². The van der Waals surface area contributed by atoms with Crippen LogP contribution in [-0.4, -0.2) is 46.7 Å². The van der Waals surface area contributed by atoms with E-state index in [0.717, 1.165) is 37.0 Å². The van der Waals surface area contributed by atoms with Gasteiger partial charge in [-0.1, -0.05) is 43.0 Å². The number of unbranched alkanes of at least 4 members (excludes halogenated alkanes) is 1. The molecule has 0 radical (unpaired) electrons. The summed E-state index contributed by atoms with van der Waals surface area (Å²) >= 11 is 12.0. The van der Waals surface area contributed by atoms with Crippen molar-refractivity contribution in [1.29, 1.82) is 0 Å². The highest BCUT2D eigenvalue weighted by Gasteiger charge is 2.44. The van der Waals surface area contributed by atoms with Gasteiger partial charge in [-0.05, 0) is 37.8 Å². The molecule has 7 heteroatoms. The molecule has 2 aliphatic rings. The Bertz CT molecular complexity index is 704. The van der Waals surface area contributed by atoms with E-state index < -0.39 is 17.9 Å². The first kappa shape index (κ1) is 19.2. The number of hydrogen-bond acceptors (Lipinski definition) is 3. The number of carbonyl (C=O) groups is 3. The third kappa shape index (κ3) is 3.47. The number of likely N-dealkylation sites (tertiary alicyclic amines) is 1. The standard InChI is InChI=1S/C19H22Cl2N2O3/c1-2-3-7-16(19(26)22-8-5-4-6-9-22)23-17(24)12-10-14(20)15(21)11-13(12)18(23)25/h10-11,16H,2-9H2,1H3. The topological polar surface area (TPSA) is 57.7 Å². The molecule has 1 aromatic carbocycles. The molecule has 3 rings (SSSR count). The van der Waals surface area contributed by atoms with Gasteiger partial charge in [0, 0.05) is 13.1 Å². The van der Waals surface area contributed by atoms with Crippen LogP contribution in [0.4, 0.5) is 0 Å². The summed E-state index contributed by atoms with van der Waals surface area (Å²) in [5.41, 5.74) is 0.440. The predicted octanol–water partition coefficient (Wildman–Crippen LogP) is 4.16. The Morgan fingerprint density at radius 2 is 1.58 bits per heavy atom. The summed E-state index contributed by atoms with van der Waals surface area (Å²) < 4.78 is 0. The molecule has 26 heavy (non-hydrogen) atoms. The molecule has 0 N–H and O–H groups in total. The SMILES string of the molecule is CCCCC(C(=O)N1CCCCC1)N1C(=O)c2cc(Cl)c(Cl)cc2C1=O. The molecule has 5 nitrogen and oxygen atoms in total. The summed E-state index contributed by atoms with van der Waals surface area (Å²) in [7, 11) is 0. The maximum Gasteiger partial charge on any atom is 0.262 e. The van der Waals surface area contributed by atoms with Crippen LogP contribution in [0.25, 0.3) is 0 Å². The first-order valence-corrected chi connectivity index (χ1v) is 9.87. The molecule has 1 atom stereocenters. The molecule has 0 bridgehead atoms. The Balaban J connectivity index is 1.92. The molecular weight excluding hydrogens is 375 g/mol. The van der Waals surface area contributed by atoms with Gasteiger partial charge in [0.2, 0.25) is 5.91 Å². The van der Waals surface area contributed by atoms with Gasteiger partial charge in [0.05, 0.1) is 21.2 Å². The average molecular weight is 397 g/mol. The molecule has 140 valence electrons. The zero-order valence-corrected chi connectivity index (χ0v) is 16.3. The summed E-state index contributed by atoms with van der Waals surface area (Å²) in [5, 5.41) is 0.446. The van der Waals surface area contributed by atoms with E-state index in [1.807, 2.05) is 6.92 Å². The zero-order valence-electron chi connectivity index (χ0n) is 14.8. The zero-order chi connectivity index (χ0) is 18.8. The van der Waals surface area contributed by atoms with Crippen molar-refractivity contribution in [2.24, 2.45) is 0 Å². The van der Waals surface area contributed by atoms with Crippen LogP contribution in [0, 0.1) is 0 Å². The summed E-state index contributed by atoms with van der Waals surface area (Å²) in [6, 6.07) is 2.07. The van der Waals surface area contributed by atoms with Crippen molar-refractivity contribution in [2.45, 2.75) is 51.5 Å². The lowest BCUT2D eigenvalue weighted by atomic mass is 10.0. The minimum Gasteiger partial charge on any atom is -0.341 e. The highest BCUT2D eigenvalue weighted by Crippen LogP contribution is 2.33. The maximum atomic E-state index is 13.1. The van der Waals surface area contributed by atoms with Gasteiger partial charge in [-0.3, -0.25) is 19.3 Å². The molecule has 1 unspecified atom stereocenters. The lowest BCUT2D eigenvalue weighted by Gasteiger charge is -2.33. The minimum absolute atomic E-state index is 0.134. The average Bonchev–Trinajstić information content (AvgIpc) is 2.87. The number of benzene rings is 1. The van der Waals surface area contributed by atoms with Crippen molar-refractivity contribution < 1.29 is 14.4 Å². The van der Waals surface area contributed by atoms with Gasteiger partial charge in [0.1, 0.15) is 6.04 Å². The van der Waals surface area contributed by atoms with E-state index in [-0.39, 0.29) is 27.1 Å². The molecule has 0 aliphatic carbocycles. The fourth-order valence-electron chi connectivity index (χ4n) is 3.62. The minimum atomic E-state index is -0.766. The number of imide groups is 1. The van der Waals surface area contributed by atoms with Gasteiger partial charge >= 0.3 is 0 Å². The Morgan fingerprint density at radius 3 is 2.08 bits per heavy atom. The van der Waals surface area contributed by atoms with E-state index in [4.69, 9.17) is 23.2 Å². The van der Waals surface area contributed by atoms with Crippen LogP contribution in [-0.2, 0) is 4.79 Å². The van der Waals surface area contributed by atoms with Gasteiger partial charge in [-0.2, -0.15) is 0 Å². The summed E-state index contributed by atoms with van der Waals surface area (Å²) in [6.45, 7) is 3.38. The first-order valence-electron chi connectivity index (χ1n) is 9.11. The van der Waals surface area contributed by atoms with Gasteiger partial charge in [0.25, 0.3) is 11.8 Å². The maximum absolute atomic E-state index is 13.1. The largest absolute Gasteiger partial charge is 0.341 e. The predicted molar refractivity (Wildman–Crippen MR) is 101 cm³/mol. The monoisotopic (exact) mass is 396 g/mol. The normalized spacial score (nSPS) is 18.3. The number of nitrogens with zero attached hydrogens (tertiary/aromatic N) is 2. The highest BCUT2D eigenvalue weighted by atomic mass is 35.5. The van der Waals surface area contributed by atoms with E-state index in [1.54, 1.807) is 4.90 Å². The van der Waals surface area contributed by atoms with Gasteiger partial charge in [-0.25, -0.2) is 0 Å². The number of rotatable bonds is 5. The van der Waals surface area contributed by atoms with E-state index in [0.29, 0.717) is 19.5 Å². The van der Waals surface area contributed by atoms with Crippen LogP contribution in [0.5, 0.6) is 0 Å². The second kappa shape index (κ2) is 7.97. The van der Waals surface area contributed by atoms with E-state index in [1.165, 1.54) is 12.1 Å². The van der Waals surface area contributed by atoms with Gasteiger partial charge in [0.15, 0.2) is 0 Å². The molecule has 2 aliphatic heterocycles. The molecule has 1 saturated heterocycles. The lowest BCUT2D eigenvalue weighted by molar-refractivity contribution is -0.136. The molecule has 2 heterocycles. The third-order valence-corrected chi connectivity index (χ3v) is 5.78. The second-order valence-corrected chi connectivity index (χ2v) is 7.65. The highest BCUT2D eigenvalue weighted by molar-refractivity contribution is 6.43. The first-order chi connectivity index (χ1) is 12.5. The molecule has 1 aromatic rings. The Labute approximate surface area is 163 Å². The van der Waals surface area contributed by atoms with Crippen molar-refractivity contribution in [1.82, 2.24) is 9.80 Å². The molecule has 1 fully saturated rings. The lowest BCUT2D eigenvalue weighted by Crippen LogP contribution is -2.52.